The normalized spacial score (nSPS) is 19.5. The summed E-state index contributed by atoms with van der Waals surface area (Å²) < 4.78 is 10.8. The third kappa shape index (κ3) is 7.14. The highest BCUT2D eigenvalue weighted by molar-refractivity contribution is 8.09. The van der Waals surface area contributed by atoms with Crippen LogP contribution in [0.25, 0.3) is 14.7 Å². The minimum Gasteiger partial charge on any atom is -0.487 e. The summed E-state index contributed by atoms with van der Waals surface area (Å²) in [6.07, 6.45) is -0.0271. The van der Waals surface area contributed by atoms with Gasteiger partial charge in [0.15, 0.2) is 11.5 Å². The molecule has 52 heavy (non-hydrogen) atoms. The van der Waals surface area contributed by atoms with Crippen LogP contribution >= 0.6 is 35.3 Å². The maximum atomic E-state index is 12.0. The molecule has 3 aromatic rings. The number of hydrogen-bond acceptors (Lipinski definition) is 11. The standard InChI is InChI=1S/C16H18O2S.C13H10O3S.C12H8O3S/c1-9(2)11(4)19-16-10(3)14(17)15(18)12-7-5-6-8-13(12)16;1-7-6-17-13-9-5-3-2-4-8(9)10(14)11(15)12(13)16-7;13-9-7-3-1-2-4-8(7)12-11(10(9)14)15-5-6-16-12/h5-9,11H,1-4H3;2-5,7H,6H2,1H3;1-4H,5-6H2. The molecule has 0 saturated heterocycles. The van der Waals surface area contributed by atoms with Crippen LogP contribution in [0, 0.1) is 5.92 Å². The first kappa shape index (κ1) is 37.3. The Kier molecular flexibility index (Phi) is 11.2. The lowest BCUT2D eigenvalue weighted by Crippen LogP contribution is -2.30. The van der Waals surface area contributed by atoms with E-state index in [-0.39, 0.29) is 29.2 Å². The quantitative estimate of drug-likeness (QED) is 0.241. The summed E-state index contributed by atoms with van der Waals surface area (Å²) in [5.41, 5.74) is 4.65. The lowest BCUT2D eigenvalue weighted by atomic mass is 9.90. The van der Waals surface area contributed by atoms with Crippen LogP contribution in [0.15, 0.2) is 89.9 Å². The Morgan fingerprint density at radius 3 is 1.63 bits per heavy atom. The van der Waals surface area contributed by atoms with E-state index in [4.69, 9.17) is 9.47 Å². The van der Waals surface area contributed by atoms with Crippen LogP contribution < -0.4 is 0 Å². The molecule has 2 heterocycles. The van der Waals surface area contributed by atoms with Gasteiger partial charge < -0.3 is 9.47 Å². The second kappa shape index (κ2) is 15.7. The number of thioether (sulfide) groups is 3. The highest BCUT2D eigenvalue weighted by atomic mass is 32.2. The highest BCUT2D eigenvalue weighted by Crippen LogP contribution is 2.43. The Bertz CT molecular complexity index is 2140. The van der Waals surface area contributed by atoms with Crippen LogP contribution in [0.2, 0.25) is 0 Å². The number of carbonyl (C=O) groups is 6. The third-order valence-corrected chi connectivity index (χ3v) is 13.0. The maximum Gasteiger partial charge on any atom is 0.269 e. The van der Waals surface area contributed by atoms with Crippen molar-refractivity contribution in [3.05, 3.63) is 123 Å². The predicted octanol–water partition coefficient (Wildman–Crippen LogP) is 8.12. The largest absolute Gasteiger partial charge is 0.487 e. The SMILES string of the molecule is CC1=C(SC(C)C(C)C)c2ccccc2C(=O)C1=O.CC1CSC2=C(O1)C(=O)C(=O)c1ccccc12.O=C1C(=O)c2ccccc2C2=C1OCCS2. The Labute approximate surface area is 314 Å². The summed E-state index contributed by atoms with van der Waals surface area (Å²) in [7, 11) is 0. The smallest absolute Gasteiger partial charge is 0.269 e. The zero-order valence-corrected chi connectivity index (χ0v) is 31.7. The van der Waals surface area contributed by atoms with Gasteiger partial charge in [-0.3, -0.25) is 28.8 Å². The second-order valence-corrected chi connectivity index (χ2v) is 16.4. The van der Waals surface area contributed by atoms with Gasteiger partial charge in [0.2, 0.25) is 23.1 Å². The molecule has 11 heteroatoms. The zero-order chi connectivity index (χ0) is 37.3. The molecule has 0 aromatic heterocycles. The summed E-state index contributed by atoms with van der Waals surface area (Å²) in [6.45, 7) is 10.6. The average molecular weight is 753 g/mol. The molecule has 2 atom stereocenters. The molecule has 2 unspecified atom stereocenters. The Hall–Kier alpha value is -4.45. The van der Waals surface area contributed by atoms with Crippen molar-refractivity contribution < 1.29 is 38.2 Å². The van der Waals surface area contributed by atoms with E-state index in [0.717, 1.165) is 42.9 Å². The topological polar surface area (TPSA) is 121 Å². The molecule has 8 rings (SSSR count). The lowest BCUT2D eigenvalue weighted by molar-refractivity contribution is -0.116. The van der Waals surface area contributed by atoms with Crippen molar-refractivity contribution in [3.63, 3.8) is 0 Å². The van der Waals surface area contributed by atoms with Crippen LogP contribution in [0.5, 0.6) is 0 Å². The molecule has 0 spiro atoms. The third-order valence-electron chi connectivity index (χ3n) is 8.97. The average Bonchev–Trinajstić information content (AvgIpc) is 3.17. The minimum atomic E-state index is -0.516. The molecule has 5 aliphatic rings. The summed E-state index contributed by atoms with van der Waals surface area (Å²) in [4.78, 5) is 74.0. The van der Waals surface area contributed by atoms with Crippen molar-refractivity contribution in [1.82, 2.24) is 0 Å². The van der Waals surface area contributed by atoms with E-state index in [1.165, 1.54) is 0 Å². The number of benzene rings is 3. The van der Waals surface area contributed by atoms with Crippen molar-refractivity contribution in [2.45, 2.75) is 46.0 Å². The molecule has 2 aliphatic heterocycles. The van der Waals surface area contributed by atoms with Gasteiger partial charge in [0.05, 0.1) is 16.4 Å². The number of allylic oxidation sites excluding steroid dienone is 3. The molecular weight excluding hydrogens is 717 g/mol. The number of hydrogen-bond donors (Lipinski definition) is 0. The first-order chi connectivity index (χ1) is 24.9. The van der Waals surface area contributed by atoms with Gasteiger partial charge in [-0.25, -0.2) is 0 Å². The van der Waals surface area contributed by atoms with Crippen molar-refractivity contribution in [1.29, 1.82) is 0 Å². The van der Waals surface area contributed by atoms with E-state index in [2.05, 4.69) is 20.8 Å². The molecule has 0 radical (unpaired) electrons. The van der Waals surface area contributed by atoms with E-state index >= 15 is 0 Å². The molecule has 0 saturated carbocycles. The van der Waals surface area contributed by atoms with E-state index in [9.17, 15) is 28.8 Å². The number of ketones is 6. The number of carbonyl (C=O) groups excluding carboxylic acids is 6. The van der Waals surface area contributed by atoms with Crippen LogP contribution in [0.3, 0.4) is 0 Å². The summed E-state index contributed by atoms with van der Waals surface area (Å²) >= 11 is 4.85. The fourth-order valence-corrected chi connectivity index (χ4v) is 9.14. The molecule has 0 amide bonds. The summed E-state index contributed by atoms with van der Waals surface area (Å²) in [6, 6.07) is 21.8. The van der Waals surface area contributed by atoms with E-state index in [1.54, 1.807) is 78.6 Å². The first-order valence-electron chi connectivity index (χ1n) is 16.9. The van der Waals surface area contributed by atoms with Gasteiger partial charge >= 0.3 is 0 Å². The van der Waals surface area contributed by atoms with Crippen LogP contribution in [0.1, 0.15) is 82.4 Å². The maximum absolute atomic E-state index is 12.0. The van der Waals surface area contributed by atoms with Crippen LogP contribution in [0.4, 0.5) is 0 Å². The van der Waals surface area contributed by atoms with Gasteiger partial charge in [-0.2, -0.15) is 0 Å². The molecule has 3 aromatic carbocycles. The monoisotopic (exact) mass is 752 g/mol. The summed E-state index contributed by atoms with van der Waals surface area (Å²) in [5, 5.41) is 0.402. The highest BCUT2D eigenvalue weighted by Gasteiger charge is 2.38. The van der Waals surface area contributed by atoms with Crippen LogP contribution in [-0.2, 0) is 23.9 Å². The van der Waals surface area contributed by atoms with Crippen molar-refractivity contribution >= 4 is 84.7 Å². The number of Topliss-reactive ketones (excluding diaryl/α,β-unsaturated/α-hetero) is 6. The van der Waals surface area contributed by atoms with Gasteiger partial charge in [0, 0.05) is 55.1 Å². The zero-order valence-electron chi connectivity index (χ0n) is 29.3. The van der Waals surface area contributed by atoms with Gasteiger partial charge in [0.25, 0.3) is 11.6 Å². The van der Waals surface area contributed by atoms with Crippen molar-refractivity contribution in [2.24, 2.45) is 5.92 Å². The van der Waals surface area contributed by atoms with Crippen molar-refractivity contribution in [2.75, 3.05) is 18.1 Å². The first-order valence-corrected chi connectivity index (χ1v) is 19.7. The predicted molar refractivity (Wildman–Crippen MR) is 207 cm³/mol. The Morgan fingerprint density at radius 2 is 1.08 bits per heavy atom. The van der Waals surface area contributed by atoms with Gasteiger partial charge in [-0.05, 0) is 25.3 Å². The minimum absolute atomic E-state index is 0.0271. The molecular formula is C41H36O8S3. The van der Waals surface area contributed by atoms with Crippen LogP contribution in [-0.4, -0.2) is 64.2 Å². The molecule has 0 bridgehead atoms. The van der Waals surface area contributed by atoms with Gasteiger partial charge in [0.1, 0.15) is 6.10 Å². The lowest BCUT2D eigenvalue weighted by Gasteiger charge is -2.28. The van der Waals surface area contributed by atoms with E-state index in [1.807, 2.05) is 43.3 Å². The van der Waals surface area contributed by atoms with Gasteiger partial charge in [-0.1, -0.05) is 93.6 Å². The van der Waals surface area contributed by atoms with Gasteiger partial charge in [-0.15, -0.1) is 35.3 Å². The number of fused-ring (bicyclic) bond motifs is 5. The molecule has 8 nitrogen and oxygen atoms in total. The fraction of sp³-hybridized carbons (Fsp3) is 0.268. The second-order valence-electron chi connectivity index (χ2n) is 12.9. The number of ether oxygens (including phenoxy) is 2. The Balaban J connectivity index is 0.000000134. The van der Waals surface area contributed by atoms with E-state index in [0.29, 0.717) is 40.0 Å². The number of rotatable bonds is 3. The molecule has 0 N–H and O–H groups in total. The molecule has 3 aliphatic carbocycles. The summed E-state index contributed by atoms with van der Waals surface area (Å²) in [5.74, 6) is -0.0949. The fourth-order valence-electron chi connectivity index (χ4n) is 5.86. The van der Waals surface area contributed by atoms with E-state index < -0.39 is 23.1 Å². The molecule has 266 valence electrons. The Morgan fingerprint density at radius 1 is 0.615 bits per heavy atom. The van der Waals surface area contributed by atoms with Crippen molar-refractivity contribution in [3.8, 4) is 0 Å². The molecule has 0 fully saturated rings.